The third-order valence-electron chi connectivity index (χ3n) is 11.0. The minimum absolute atomic E-state index is 0.128. The highest BCUT2D eigenvalue weighted by molar-refractivity contribution is 6.84. The van der Waals surface area contributed by atoms with Crippen molar-refractivity contribution in [2.45, 2.75) is 39.3 Å². The van der Waals surface area contributed by atoms with Gasteiger partial charge < -0.3 is 10.6 Å². The molecule has 1 heterocycles. The lowest BCUT2D eigenvalue weighted by Crippen LogP contribution is -2.18. The van der Waals surface area contributed by atoms with E-state index in [0.717, 1.165) is 76.5 Å². The lowest BCUT2D eigenvalue weighted by Gasteiger charge is -2.16. The van der Waals surface area contributed by atoms with Crippen molar-refractivity contribution >= 4 is 82.4 Å². The molecule has 9 rings (SSSR count). The van der Waals surface area contributed by atoms with Gasteiger partial charge in [-0.1, -0.05) is 179 Å². The van der Waals surface area contributed by atoms with Gasteiger partial charge in [0.25, 0.3) is 11.8 Å². The van der Waals surface area contributed by atoms with Gasteiger partial charge in [0, 0.05) is 22.5 Å². The molecular weight excluding hydrogens is 815 g/mol. The van der Waals surface area contributed by atoms with Crippen LogP contribution in [0.25, 0.3) is 65.3 Å². The number of aromatic nitrogens is 1. The van der Waals surface area contributed by atoms with Gasteiger partial charge in [0.1, 0.15) is 27.5 Å². The van der Waals surface area contributed by atoms with Crippen molar-refractivity contribution in [1.82, 2.24) is 4.98 Å². The van der Waals surface area contributed by atoms with Crippen LogP contribution in [0.15, 0.2) is 164 Å². The first-order valence-corrected chi connectivity index (χ1v) is 28.6. The maximum Gasteiger partial charge on any atom is 0.274 e. The van der Waals surface area contributed by atoms with Gasteiger partial charge in [-0.25, -0.2) is 4.98 Å². The van der Waals surface area contributed by atoms with Crippen LogP contribution >= 0.6 is 0 Å². The third kappa shape index (κ3) is 8.60. The summed E-state index contributed by atoms with van der Waals surface area (Å²) in [5.74, 6) is 6.31. The molecule has 0 aliphatic rings. The minimum atomic E-state index is -1.64. The Bertz CT molecular complexity index is 3140. The number of carbonyl (C=O) groups excluding carboxylic acids is 2. The smallest absolute Gasteiger partial charge is 0.274 e. The van der Waals surface area contributed by atoms with Crippen molar-refractivity contribution in [3.05, 3.63) is 186 Å². The van der Waals surface area contributed by atoms with Crippen molar-refractivity contribution in [2.24, 2.45) is 0 Å². The molecule has 0 spiro atoms. The van der Waals surface area contributed by atoms with Gasteiger partial charge in [0.05, 0.1) is 0 Å². The van der Waals surface area contributed by atoms with E-state index in [9.17, 15) is 9.59 Å². The topological polar surface area (TPSA) is 71.1 Å². The van der Waals surface area contributed by atoms with E-state index in [1.807, 2.05) is 36.4 Å². The molecule has 8 aromatic carbocycles. The highest BCUT2D eigenvalue weighted by atomic mass is 28.3. The first kappa shape index (κ1) is 41.8. The highest BCUT2D eigenvalue weighted by Gasteiger charge is 2.19. The summed E-state index contributed by atoms with van der Waals surface area (Å²) < 4.78 is 0. The number of carbonyl (C=O) groups is 2. The second-order valence-corrected chi connectivity index (χ2v) is 27.7. The Morgan fingerprint density at radius 1 is 0.406 bits per heavy atom. The van der Waals surface area contributed by atoms with Crippen LogP contribution in [-0.4, -0.2) is 32.9 Å². The molecule has 0 bridgehead atoms. The lowest BCUT2D eigenvalue weighted by atomic mass is 9.88. The maximum atomic E-state index is 13.8. The van der Waals surface area contributed by atoms with Crippen LogP contribution in [0.2, 0.25) is 39.3 Å². The molecule has 2 amide bonds. The summed E-state index contributed by atoms with van der Waals surface area (Å²) in [4.78, 5) is 32.2. The van der Waals surface area contributed by atoms with E-state index < -0.39 is 28.0 Å². The van der Waals surface area contributed by atoms with Gasteiger partial charge in [-0.3, -0.25) is 9.59 Å². The summed E-state index contributed by atoms with van der Waals surface area (Å²) in [5.41, 5.74) is 14.8. The molecule has 310 valence electrons. The van der Waals surface area contributed by atoms with E-state index in [-0.39, 0.29) is 11.4 Å². The van der Waals surface area contributed by atoms with E-state index in [1.54, 1.807) is 18.2 Å². The molecular formula is C57H47N3O2Si2. The van der Waals surface area contributed by atoms with Crippen molar-refractivity contribution in [2.75, 3.05) is 10.6 Å². The predicted molar refractivity (Wildman–Crippen MR) is 274 cm³/mol. The monoisotopic (exact) mass is 861 g/mol. The molecule has 5 nitrogen and oxygen atoms in total. The summed E-state index contributed by atoms with van der Waals surface area (Å²) in [6, 6.07) is 54.3. The molecule has 2 N–H and O–H groups in total. The molecule has 64 heavy (non-hydrogen) atoms. The Labute approximate surface area is 376 Å². The molecule has 0 saturated carbocycles. The number of amides is 2. The van der Waals surface area contributed by atoms with E-state index in [4.69, 9.17) is 0 Å². The molecule has 0 atom stereocenters. The molecule has 0 saturated heterocycles. The van der Waals surface area contributed by atoms with Crippen molar-refractivity contribution in [1.29, 1.82) is 0 Å². The number of nitrogens with zero attached hydrogens (tertiary/aromatic N) is 1. The van der Waals surface area contributed by atoms with Gasteiger partial charge in [0.2, 0.25) is 0 Å². The van der Waals surface area contributed by atoms with E-state index in [2.05, 4.69) is 187 Å². The Balaban J connectivity index is 0.995. The maximum absolute atomic E-state index is 13.8. The zero-order valence-corrected chi connectivity index (χ0v) is 38.9. The Hall–Kier alpha value is -7.56. The van der Waals surface area contributed by atoms with E-state index in [0.29, 0.717) is 11.4 Å². The van der Waals surface area contributed by atoms with Crippen molar-refractivity contribution in [3.63, 3.8) is 0 Å². The number of rotatable bonds is 6. The summed E-state index contributed by atoms with van der Waals surface area (Å²) in [6.45, 7) is 13.6. The fourth-order valence-corrected chi connectivity index (χ4v) is 9.23. The van der Waals surface area contributed by atoms with Crippen LogP contribution in [-0.2, 0) is 0 Å². The molecule has 0 aliphatic heterocycles. The quantitative estimate of drug-likeness (QED) is 0.0994. The fraction of sp³-hybridized carbons (Fsp3) is 0.105. The van der Waals surface area contributed by atoms with Crippen LogP contribution in [0.5, 0.6) is 0 Å². The van der Waals surface area contributed by atoms with Gasteiger partial charge >= 0.3 is 0 Å². The molecule has 9 aromatic rings. The Kier molecular flexibility index (Phi) is 11.1. The second-order valence-electron chi connectivity index (χ2n) is 18.2. The van der Waals surface area contributed by atoms with Gasteiger partial charge in [-0.15, -0.1) is 11.1 Å². The Morgan fingerprint density at radius 2 is 0.719 bits per heavy atom. The number of hydrogen-bond donors (Lipinski definition) is 2. The first-order valence-electron chi connectivity index (χ1n) is 21.6. The number of nitrogens with one attached hydrogen (secondary N) is 2. The standard InChI is InChI=1S/C57H47N3O2Si2/c1-63(2,3)34-32-46-42-22-7-11-26-48(42)54(49-27-12-8-23-43(46)49)38-18-15-20-40(36-38)58-56(61)52-30-17-31-53(60-52)57(62)59-41-21-16-19-39(37-41)55-50-28-13-9-24-44(50)47(33-35-64(4,5)6)45-25-10-14-29-51(45)55/h7-31,36-37H,1-6H3,(H,58,61)(H,59,62). The SMILES string of the molecule is C[Si](C)(C)C#Cc1c2ccccc2c(-c2cccc(NC(=O)c3cccc(C(=O)Nc4cccc(-c5c6ccccc6c(C#C[Si](C)(C)C)c6ccccc56)c4)n3)c2)c2ccccc12. The zero-order chi connectivity index (χ0) is 44.6. The van der Waals surface area contributed by atoms with E-state index >= 15 is 0 Å². The summed E-state index contributed by atoms with van der Waals surface area (Å²) in [5, 5.41) is 14.9. The summed E-state index contributed by atoms with van der Waals surface area (Å²) in [7, 11) is -3.28. The number of hydrogen-bond acceptors (Lipinski definition) is 3. The minimum Gasteiger partial charge on any atom is -0.321 e. The molecule has 0 unspecified atom stereocenters. The van der Waals surface area contributed by atoms with Gasteiger partial charge in [-0.2, -0.15) is 0 Å². The third-order valence-corrected chi connectivity index (χ3v) is 12.8. The lowest BCUT2D eigenvalue weighted by molar-refractivity contribution is 0.101. The fourth-order valence-electron chi connectivity index (χ4n) is 8.23. The Morgan fingerprint density at radius 3 is 1.05 bits per heavy atom. The normalized spacial score (nSPS) is 11.5. The second kappa shape index (κ2) is 17.0. The average Bonchev–Trinajstić information content (AvgIpc) is 3.28. The number of benzene rings is 8. The van der Waals surface area contributed by atoms with Gasteiger partial charge in [-0.05, 0) is 102 Å². The number of fused-ring (bicyclic) bond motifs is 4. The van der Waals surface area contributed by atoms with Crippen LogP contribution in [0.4, 0.5) is 11.4 Å². The van der Waals surface area contributed by atoms with Crippen LogP contribution < -0.4 is 10.6 Å². The van der Waals surface area contributed by atoms with Gasteiger partial charge in [0.15, 0.2) is 0 Å². The number of pyridine rings is 1. The average molecular weight is 862 g/mol. The van der Waals surface area contributed by atoms with Crippen molar-refractivity contribution < 1.29 is 9.59 Å². The van der Waals surface area contributed by atoms with E-state index in [1.165, 1.54) is 0 Å². The molecule has 1 aromatic heterocycles. The zero-order valence-electron chi connectivity index (χ0n) is 36.9. The summed E-state index contributed by atoms with van der Waals surface area (Å²) in [6.07, 6.45) is 0. The number of anilines is 2. The highest BCUT2D eigenvalue weighted by Crippen LogP contribution is 2.41. The molecule has 0 aliphatic carbocycles. The first-order chi connectivity index (χ1) is 30.8. The van der Waals surface area contributed by atoms with Crippen LogP contribution in [0.3, 0.4) is 0 Å². The largest absolute Gasteiger partial charge is 0.321 e. The van der Waals surface area contributed by atoms with Crippen LogP contribution in [0, 0.1) is 22.9 Å². The molecule has 0 fully saturated rings. The predicted octanol–water partition coefficient (Wildman–Crippen LogP) is 14.0. The molecule has 7 heteroatoms. The van der Waals surface area contributed by atoms with Crippen LogP contribution in [0.1, 0.15) is 32.1 Å². The van der Waals surface area contributed by atoms with Crippen molar-refractivity contribution in [3.8, 4) is 45.2 Å². The molecule has 0 radical (unpaired) electrons. The summed E-state index contributed by atoms with van der Waals surface area (Å²) >= 11 is 0.